The highest BCUT2D eigenvalue weighted by atomic mass is 16.6. The van der Waals surface area contributed by atoms with E-state index in [-0.39, 0.29) is 6.61 Å². The fourth-order valence-corrected chi connectivity index (χ4v) is 2.48. The zero-order chi connectivity index (χ0) is 14.6. The number of hydrogen-bond acceptors (Lipinski definition) is 5. The van der Waals surface area contributed by atoms with Crippen LogP contribution in [0, 0.1) is 0 Å². The smallest absolute Gasteiger partial charge is 0.303 e. The van der Waals surface area contributed by atoms with Crippen molar-refractivity contribution in [1.82, 2.24) is 0 Å². The number of ether oxygens (including phenoxy) is 2. The molecule has 20 heavy (non-hydrogen) atoms. The quantitative estimate of drug-likeness (QED) is 0.788. The van der Waals surface area contributed by atoms with E-state index in [9.17, 15) is 15.0 Å². The summed E-state index contributed by atoms with van der Waals surface area (Å²) >= 11 is 0. The van der Waals surface area contributed by atoms with Gasteiger partial charge in [0.2, 0.25) is 0 Å². The van der Waals surface area contributed by atoms with Gasteiger partial charge in [0.25, 0.3) is 0 Å². The summed E-state index contributed by atoms with van der Waals surface area (Å²) in [6, 6.07) is 9.55. The van der Waals surface area contributed by atoms with E-state index >= 15 is 0 Å². The SMILES string of the molecule is CC(=O)O[C@@H]1CC[C@@H](O)[C@]1(O)COCc1ccccc1. The number of carbonyl (C=O) groups is 1. The van der Waals surface area contributed by atoms with Gasteiger partial charge >= 0.3 is 5.97 Å². The number of hydrogen-bond donors (Lipinski definition) is 2. The minimum atomic E-state index is -1.53. The van der Waals surface area contributed by atoms with Gasteiger partial charge in [0.1, 0.15) is 6.10 Å². The Hall–Kier alpha value is -1.43. The molecule has 1 aromatic rings. The van der Waals surface area contributed by atoms with Crippen molar-refractivity contribution in [3.05, 3.63) is 35.9 Å². The van der Waals surface area contributed by atoms with Crippen LogP contribution in [0.5, 0.6) is 0 Å². The molecule has 110 valence electrons. The van der Waals surface area contributed by atoms with E-state index in [2.05, 4.69) is 0 Å². The number of benzene rings is 1. The first-order valence-corrected chi connectivity index (χ1v) is 6.71. The molecule has 0 heterocycles. The average Bonchev–Trinajstić information content (AvgIpc) is 2.68. The molecule has 2 N–H and O–H groups in total. The van der Waals surface area contributed by atoms with Crippen LogP contribution in [-0.2, 0) is 20.9 Å². The predicted molar refractivity (Wildman–Crippen MR) is 71.8 cm³/mol. The van der Waals surface area contributed by atoms with Gasteiger partial charge in [-0.2, -0.15) is 0 Å². The summed E-state index contributed by atoms with van der Waals surface area (Å²) in [6.07, 6.45) is -0.830. The van der Waals surface area contributed by atoms with E-state index in [1.54, 1.807) is 0 Å². The second-order valence-electron chi connectivity index (χ2n) is 5.16. The Balaban J connectivity index is 1.92. The summed E-state index contributed by atoms with van der Waals surface area (Å²) in [6.45, 7) is 1.56. The van der Waals surface area contributed by atoms with E-state index in [1.165, 1.54) is 6.92 Å². The van der Waals surface area contributed by atoms with Gasteiger partial charge in [0.15, 0.2) is 5.60 Å². The van der Waals surface area contributed by atoms with Crippen molar-refractivity contribution >= 4 is 5.97 Å². The lowest BCUT2D eigenvalue weighted by Gasteiger charge is -2.31. The molecule has 5 nitrogen and oxygen atoms in total. The lowest BCUT2D eigenvalue weighted by Crippen LogP contribution is -2.51. The van der Waals surface area contributed by atoms with Crippen LogP contribution in [0.2, 0.25) is 0 Å². The van der Waals surface area contributed by atoms with E-state index in [0.717, 1.165) is 5.56 Å². The van der Waals surface area contributed by atoms with E-state index in [1.807, 2.05) is 30.3 Å². The van der Waals surface area contributed by atoms with Crippen LogP contribution >= 0.6 is 0 Å². The Morgan fingerprint density at radius 2 is 2.05 bits per heavy atom. The van der Waals surface area contributed by atoms with Gasteiger partial charge in [-0.15, -0.1) is 0 Å². The Morgan fingerprint density at radius 3 is 2.70 bits per heavy atom. The first kappa shape index (κ1) is 15.0. The maximum absolute atomic E-state index is 11.0. The lowest BCUT2D eigenvalue weighted by atomic mass is 9.98. The van der Waals surface area contributed by atoms with Crippen LogP contribution < -0.4 is 0 Å². The Bertz CT molecular complexity index is 447. The van der Waals surface area contributed by atoms with Gasteiger partial charge < -0.3 is 19.7 Å². The van der Waals surface area contributed by atoms with Crippen molar-refractivity contribution in [3.63, 3.8) is 0 Å². The number of aliphatic hydroxyl groups excluding tert-OH is 1. The van der Waals surface area contributed by atoms with Gasteiger partial charge in [0, 0.05) is 6.92 Å². The monoisotopic (exact) mass is 280 g/mol. The Labute approximate surface area is 118 Å². The summed E-state index contributed by atoms with van der Waals surface area (Å²) in [4.78, 5) is 11.0. The third-order valence-electron chi connectivity index (χ3n) is 3.59. The van der Waals surface area contributed by atoms with Crippen LogP contribution in [-0.4, -0.2) is 40.6 Å². The highest BCUT2D eigenvalue weighted by Gasteiger charge is 2.50. The average molecular weight is 280 g/mol. The first-order chi connectivity index (χ1) is 9.52. The minimum absolute atomic E-state index is 0.0684. The Morgan fingerprint density at radius 1 is 1.35 bits per heavy atom. The molecule has 1 aliphatic carbocycles. The summed E-state index contributed by atoms with van der Waals surface area (Å²) < 4.78 is 10.6. The van der Waals surface area contributed by atoms with Gasteiger partial charge in [-0.1, -0.05) is 30.3 Å². The molecule has 0 spiro atoms. The molecule has 0 radical (unpaired) electrons. The number of carbonyl (C=O) groups excluding carboxylic acids is 1. The largest absolute Gasteiger partial charge is 0.459 e. The molecular formula is C15H20O5. The highest BCUT2D eigenvalue weighted by molar-refractivity contribution is 5.66. The lowest BCUT2D eigenvalue weighted by molar-refractivity contribution is -0.181. The molecule has 0 bridgehead atoms. The summed E-state index contributed by atoms with van der Waals surface area (Å²) in [5, 5.41) is 20.4. The minimum Gasteiger partial charge on any atom is -0.459 e. The van der Waals surface area contributed by atoms with Crippen LogP contribution in [0.25, 0.3) is 0 Å². The van der Waals surface area contributed by atoms with Crippen molar-refractivity contribution in [2.24, 2.45) is 0 Å². The zero-order valence-electron chi connectivity index (χ0n) is 11.5. The normalized spacial score (nSPS) is 29.4. The van der Waals surface area contributed by atoms with Crippen molar-refractivity contribution in [2.75, 3.05) is 6.61 Å². The van der Waals surface area contributed by atoms with Crippen molar-refractivity contribution in [1.29, 1.82) is 0 Å². The van der Waals surface area contributed by atoms with Gasteiger partial charge in [0.05, 0.1) is 19.3 Å². The molecule has 0 unspecified atom stereocenters. The standard InChI is InChI=1S/C15H20O5/c1-11(16)20-14-8-7-13(17)15(14,18)10-19-9-12-5-3-2-4-6-12/h2-6,13-14,17-18H,7-10H2,1H3/t13-,14-,15-/m1/s1. The fourth-order valence-electron chi connectivity index (χ4n) is 2.48. The molecule has 3 atom stereocenters. The summed E-state index contributed by atoms with van der Waals surface area (Å²) in [5.41, 5.74) is -0.548. The molecule has 1 fully saturated rings. The molecule has 1 saturated carbocycles. The van der Waals surface area contributed by atoms with Crippen LogP contribution in [0.4, 0.5) is 0 Å². The van der Waals surface area contributed by atoms with E-state index < -0.39 is 23.8 Å². The third-order valence-corrected chi connectivity index (χ3v) is 3.59. The molecule has 1 aromatic carbocycles. The Kier molecular flexibility index (Phi) is 4.75. The summed E-state index contributed by atoms with van der Waals surface area (Å²) in [5.74, 6) is -0.467. The fraction of sp³-hybridized carbons (Fsp3) is 0.533. The van der Waals surface area contributed by atoms with Crippen LogP contribution in [0.3, 0.4) is 0 Å². The third kappa shape index (κ3) is 3.36. The molecule has 0 amide bonds. The first-order valence-electron chi connectivity index (χ1n) is 6.71. The van der Waals surface area contributed by atoms with Crippen molar-refractivity contribution < 1.29 is 24.5 Å². The van der Waals surface area contributed by atoms with Crippen molar-refractivity contribution in [3.8, 4) is 0 Å². The topological polar surface area (TPSA) is 76.0 Å². The zero-order valence-corrected chi connectivity index (χ0v) is 11.5. The van der Waals surface area contributed by atoms with Gasteiger partial charge in [-0.05, 0) is 18.4 Å². The van der Waals surface area contributed by atoms with Gasteiger partial charge in [-0.3, -0.25) is 4.79 Å². The predicted octanol–water partition coefficient (Wildman–Crippen LogP) is 1.02. The maximum atomic E-state index is 11.0. The number of rotatable bonds is 5. The second kappa shape index (κ2) is 6.35. The van der Waals surface area contributed by atoms with Crippen molar-refractivity contribution in [2.45, 2.75) is 44.2 Å². The summed E-state index contributed by atoms with van der Waals surface area (Å²) in [7, 11) is 0. The molecule has 2 rings (SSSR count). The molecule has 0 saturated heterocycles. The maximum Gasteiger partial charge on any atom is 0.303 e. The van der Waals surface area contributed by atoms with Crippen LogP contribution in [0.15, 0.2) is 30.3 Å². The molecular weight excluding hydrogens is 260 g/mol. The molecule has 5 heteroatoms. The van der Waals surface area contributed by atoms with E-state index in [4.69, 9.17) is 9.47 Å². The van der Waals surface area contributed by atoms with E-state index in [0.29, 0.717) is 19.4 Å². The number of esters is 1. The molecule has 0 aliphatic heterocycles. The van der Waals surface area contributed by atoms with Gasteiger partial charge in [-0.25, -0.2) is 0 Å². The number of aliphatic hydroxyl groups is 2. The second-order valence-corrected chi connectivity index (χ2v) is 5.16. The molecule has 0 aromatic heterocycles. The van der Waals surface area contributed by atoms with Crippen LogP contribution in [0.1, 0.15) is 25.3 Å². The highest BCUT2D eigenvalue weighted by Crippen LogP contribution is 2.33. The molecule has 1 aliphatic rings.